The lowest BCUT2D eigenvalue weighted by Crippen LogP contribution is -2.32. The predicted molar refractivity (Wildman–Crippen MR) is 97.5 cm³/mol. The van der Waals surface area contributed by atoms with Crippen LogP contribution in [-0.2, 0) is 28.6 Å². The molecule has 0 spiro atoms. The van der Waals surface area contributed by atoms with E-state index in [9.17, 15) is 14.4 Å². The van der Waals surface area contributed by atoms with E-state index in [1.807, 2.05) is 20.8 Å². The maximum atomic E-state index is 11.5. The minimum Gasteiger partial charge on any atom is -0.379 e. The zero-order valence-electron chi connectivity index (χ0n) is 15.6. The van der Waals surface area contributed by atoms with Gasteiger partial charge in [0, 0.05) is 35.2 Å². The number of carbonyl (C=O) groups excluding carboxylic acids is 3. The van der Waals surface area contributed by atoms with Crippen LogP contribution >= 0.6 is 0 Å². The standard InChI is InChI=1S/C17H32N2O6.2H2/c1-4-15(20)5-9-23-11-7-18-16(21)6-10-24-12-8-19-17(22)13-25-14(2)3;;/h14H,4-13H2,1-3H3,(H,18,21)(H,19,22);2*1H. The normalized spacial score (nSPS) is 10.7. The minimum atomic E-state index is -0.185. The zero-order valence-corrected chi connectivity index (χ0v) is 15.6. The summed E-state index contributed by atoms with van der Waals surface area (Å²) in [5.41, 5.74) is 0. The maximum Gasteiger partial charge on any atom is 0.246 e. The molecule has 8 heteroatoms. The molecule has 25 heavy (non-hydrogen) atoms. The first kappa shape index (κ1) is 23.5. The van der Waals surface area contributed by atoms with Gasteiger partial charge in [-0.15, -0.1) is 0 Å². The summed E-state index contributed by atoms with van der Waals surface area (Å²) >= 11 is 0. The van der Waals surface area contributed by atoms with Crippen molar-refractivity contribution in [3.8, 4) is 0 Å². The number of carbonyl (C=O) groups is 3. The van der Waals surface area contributed by atoms with Crippen molar-refractivity contribution in [1.29, 1.82) is 0 Å². The molecule has 0 unspecified atom stereocenters. The number of rotatable bonds is 16. The fourth-order valence-electron chi connectivity index (χ4n) is 1.64. The monoisotopic (exact) mass is 364 g/mol. The summed E-state index contributed by atoms with van der Waals surface area (Å²) in [4.78, 5) is 33.9. The van der Waals surface area contributed by atoms with Gasteiger partial charge in [0.25, 0.3) is 0 Å². The first-order chi connectivity index (χ1) is 12.0. The van der Waals surface area contributed by atoms with E-state index in [-0.39, 0.29) is 46.2 Å². The second-order valence-corrected chi connectivity index (χ2v) is 5.68. The Morgan fingerprint density at radius 2 is 1.44 bits per heavy atom. The molecule has 0 radical (unpaired) electrons. The maximum absolute atomic E-state index is 11.5. The molecule has 2 N–H and O–H groups in total. The Bertz CT molecular complexity index is 398. The molecule has 0 saturated carbocycles. The van der Waals surface area contributed by atoms with Crippen molar-refractivity contribution >= 4 is 17.6 Å². The predicted octanol–water partition coefficient (Wildman–Crippen LogP) is 0.928. The van der Waals surface area contributed by atoms with Gasteiger partial charge in [-0.25, -0.2) is 0 Å². The summed E-state index contributed by atoms with van der Waals surface area (Å²) in [5, 5.41) is 5.37. The molecular weight excluding hydrogens is 328 g/mol. The molecule has 0 aliphatic rings. The molecule has 0 heterocycles. The number of ether oxygens (including phenoxy) is 3. The van der Waals surface area contributed by atoms with E-state index in [4.69, 9.17) is 14.2 Å². The van der Waals surface area contributed by atoms with Crippen molar-refractivity contribution < 1.29 is 31.4 Å². The third kappa shape index (κ3) is 17.1. The highest BCUT2D eigenvalue weighted by Crippen LogP contribution is 1.90. The van der Waals surface area contributed by atoms with Gasteiger partial charge in [-0.1, -0.05) is 6.92 Å². The van der Waals surface area contributed by atoms with E-state index < -0.39 is 0 Å². The van der Waals surface area contributed by atoms with Crippen molar-refractivity contribution in [1.82, 2.24) is 10.6 Å². The van der Waals surface area contributed by atoms with Crippen molar-refractivity contribution in [3.63, 3.8) is 0 Å². The number of amides is 2. The average molecular weight is 364 g/mol. The summed E-state index contributed by atoms with van der Waals surface area (Å²) in [7, 11) is 0. The Kier molecular flexibility index (Phi) is 15.0. The summed E-state index contributed by atoms with van der Waals surface area (Å²) in [6.07, 6.45) is 1.21. The Morgan fingerprint density at radius 1 is 0.880 bits per heavy atom. The Labute approximate surface area is 152 Å². The Morgan fingerprint density at radius 3 is 2.00 bits per heavy atom. The summed E-state index contributed by atoms with van der Waals surface area (Å²) < 4.78 is 15.7. The zero-order chi connectivity index (χ0) is 18.9. The highest BCUT2D eigenvalue weighted by atomic mass is 16.5. The molecule has 0 aliphatic carbocycles. The van der Waals surface area contributed by atoms with Crippen LogP contribution in [-0.4, -0.2) is 69.8 Å². The highest BCUT2D eigenvalue weighted by molar-refractivity contribution is 5.78. The number of Topliss-reactive ketones (excluding diaryl/α,β-unsaturated/α-hetero) is 1. The fourth-order valence-corrected chi connectivity index (χ4v) is 1.64. The molecular formula is C17H36N2O6. The van der Waals surface area contributed by atoms with Crippen LogP contribution in [0, 0.1) is 0 Å². The lowest BCUT2D eigenvalue weighted by Gasteiger charge is -2.09. The Hall–Kier alpha value is -1.51. The lowest BCUT2D eigenvalue weighted by atomic mass is 10.2. The van der Waals surface area contributed by atoms with E-state index in [0.717, 1.165) is 0 Å². The molecule has 0 atom stereocenters. The first-order valence-electron chi connectivity index (χ1n) is 8.77. The topological polar surface area (TPSA) is 103 Å². The van der Waals surface area contributed by atoms with Gasteiger partial charge in [0.05, 0.1) is 32.5 Å². The van der Waals surface area contributed by atoms with Crippen LogP contribution in [0.4, 0.5) is 0 Å². The van der Waals surface area contributed by atoms with Gasteiger partial charge in [-0.2, -0.15) is 0 Å². The minimum absolute atomic E-state index is 0. The lowest BCUT2D eigenvalue weighted by molar-refractivity contribution is -0.127. The second kappa shape index (κ2) is 16.0. The van der Waals surface area contributed by atoms with Crippen LogP contribution in [0.1, 0.15) is 42.9 Å². The number of hydrogen-bond donors (Lipinski definition) is 2. The van der Waals surface area contributed by atoms with Crippen LogP contribution in [0.15, 0.2) is 0 Å². The van der Waals surface area contributed by atoms with E-state index in [1.165, 1.54) is 0 Å². The number of hydrogen-bond acceptors (Lipinski definition) is 6. The van der Waals surface area contributed by atoms with Gasteiger partial charge >= 0.3 is 0 Å². The van der Waals surface area contributed by atoms with E-state index >= 15 is 0 Å². The van der Waals surface area contributed by atoms with E-state index in [1.54, 1.807) is 0 Å². The van der Waals surface area contributed by atoms with Gasteiger partial charge in [0.2, 0.25) is 11.8 Å². The molecule has 8 nitrogen and oxygen atoms in total. The first-order valence-corrected chi connectivity index (χ1v) is 8.77. The molecule has 0 aromatic carbocycles. The van der Waals surface area contributed by atoms with Crippen LogP contribution in [0.25, 0.3) is 0 Å². The summed E-state index contributed by atoms with van der Waals surface area (Å²) in [5.74, 6) is -0.136. The molecule has 0 aromatic heterocycles. The number of nitrogens with one attached hydrogen (secondary N) is 2. The SMILES string of the molecule is CCC(=O)CCOCCNC(=O)CCOCCNC(=O)COC(C)C.[HH].[HH]. The molecule has 0 fully saturated rings. The van der Waals surface area contributed by atoms with Gasteiger partial charge in [-0.3, -0.25) is 14.4 Å². The van der Waals surface area contributed by atoms with Gasteiger partial charge in [0.1, 0.15) is 12.4 Å². The van der Waals surface area contributed by atoms with Crippen molar-refractivity contribution in [3.05, 3.63) is 0 Å². The Balaban J connectivity index is -0.00000288. The van der Waals surface area contributed by atoms with Crippen molar-refractivity contribution in [2.24, 2.45) is 0 Å². The van der Waals surface area contributed by atoms with E-state index in [0.29, 0.717) is 45.8 Å². The molecule has 0 aliphatic heterocycles. The molecule has 0 saturated heterocycles. The van der Waals surface area contributed by atoms with Crippen LogP contribution in [0.5, 0.6) is 0 Å². The smallest absolute Gasteiger partial charge is 0.246 e. The van der Waals surface area contributed by atoms with Crippen molar-refractivity contribution in [2.45, 2.75) is 46.1 Å². The third-order valence-corrected chi connectivity index (χ3v) is 3.08. The van der Waals surface area contributed by atoms with Gasteiger partial charge in [-0.05, 0) is 13.8 Å². The number of ketones is 1. The molecule has 0 bridgehead atoms. The van der Waals surface area contributed by atoms with Crippen LogP contribution < -0.4 is 10.6 Å². The molecule has 0 rings (SSSR count). The molecule has 2 amide bonds. The molecule has 0 aromatic rings. The molecule has 150 valence electrons. The van der Waals surface area contributed by atoms with Crippen LogP contribution in [0.2, 0.25) is 0 Å². The average Bonchev–Trinajstić information content (AvgIpc) is 2.58. The largest absolute Gasteiger partial charge is 0.379 e. The highest BCUT2D eigenvalue weighted by Gasteiger charge is 2.04. The van der Waals surface area contributed by atoms with Gasteiger partial charge in [0.15, 0.2) is 0 Å². The fraction of sp³-hybridized carbons (Fsp3) is 0.824. The quantitative estimate of drug-likeness (QED) is 0.395. The second-order valence-electron chi connectivity index (χ2n) is 5.68. The third-order valence-electron chi connectivity index (χ3n) is 3.08. The van der Waals surface area contributed by atoms with E-state index in [2.05, 4.69) is 10.6 Å². The summed E-state index contributed by atoms with van der Waals surface area (Å²) in [6.45, 7) is 7.77. The summed E-state index contributed by atoms with van der Waals surface area (Å²) in [6, 6.07) is 0. The van der Waals surface area contributed by atoms with Gasteiger partial charge < -0.3 is 24.8 Å². The van der Waals surface area contributed by atoms with Crippen LogP contribution in [0.3, 0.4) is 0 Å². The van der Waals surface area contributed by atoms with Crippen molar-refractivity contribution in [2.75, 3.05) is 46.1 Å².